The molecule has 0 unspecified atom stereocenters. The van der Waals surface area contributed by atoms with Crippen molar-refractivity contribution in [3.63, 3.8) is 0 Å². The number of H-pyrrole nitrogens is 1. The van der Waals surface area contributed by atoms with Gasteiger partial charge in [-0.3, -0.25) is 0 Å². The zero-order valence-electron chi connectivity index (χ0n) is 6.50. The second-order valence-electron chi connectivity index (χ2n) is 2.41. The normalized spacial score (nSPS) is 10.8. The number of nitrogens with zero attached hydrogens (tertiary/aromatic N) is 3. The molecule has 0 atom stereocenters. The molecule has 2 aromatic heterocycles. The van der Waals surface area contributed by atoms with Crippen molar-refractivity contribution in [3.8, 4) is 0 Å². The van der Waals surface area contributed by atoms with Gasteiger partial charge >= 0.3 is 0 Å². The Labute approximate surface area is 74.0 Å². The Morgan fingerprint density at radius 1 is 1.50 bits per heavy atom. The number of rotatable bonds is 1. The first-order valence-corrected chi connectivity index (χ1v) is 4.04. The number of imidazole rings is 1. The molecule has 0 amide bonds. The van der Waals surface area contributed by atoms with Gasteiger partial charge in [0.15, 0.2) is 5.65 Å². The van der Waals surface area contributed by atoms with Crippen LogP contribution in [0.2, 0.25) is 5.28 Å². The third kappa shape index (κ3) is 1.14. The number of halogens is 1. The first-order chi connectivity index (χ1) is 5.79. The van der Waals surface area contributed by atoms with Crippen LogP contribution >= 0.6 is 11.6 Å². The molecule has 4 nitrogen and oxygen atoms in total. The lowest BCUT2D eigenvalue weighted by Gasteiger charge is -1.85. The van der Waals surface area contributed by atoms with Crippen molar-refractivity contribution >= 4 is 22.8 Å². The van der Waals surface area contributed by atoms with Crippen LogP contribution in [0.4, 0.5) is 0 Å². The van der Waals surface area contributed by atoms with Crippen LogP contribution in [0.15, 0.2) is 6.20 Å². The number of aryl methyl sites for hydroxylation is 1. The number of aromatic amines is 1. The molecule has 2 aromatic rings. The molecule has 0 radical (unpaired) electrons. The van der Waals surface area contributed by atoms with Crippen LogP contribution in [-0.4, -0.2) is 19.9 Å². The van der Waals surface area contributed by atoms with Gasteiger partial charge in [0, 0.05) is 6.42 Å². The van der Waals surface area contributed by atoms with Crippen molar-refractivity contribution < 1.29 is 0 Å². The van der Waals surface area contributed by atoms with Crippen LogP contribution in [0, 0.1) is 0 Å². The molecule has 2 heterocycles. The van der Waals surface area contributed by atoms with Crippen molar-refractivity contribution in [2.24, 2.45) is 0 Å². The molecule has 0 aliphatic rings. The van der Waals surface area contributed by atoms with Gasteiger partial charge in [-0.25, -0.2) is 9.97 Å². The Bertz CT molecular complexity index is 409. The monoisotopic (exact) mass is 182 g/mol. The van der Waals surface area contributed by atoms with Gasteiger partial charge < -0.3 is 4.98 Å². The predicted molar refractivity (Wildman–Crippen MR) is 46.1 cm³/mol. The van der Waals surface area contributed by atoms with Gasteiger partial charge in [-0.15, -0.1) is 0 Å². The van der Waals surface area contributed by atoms with E-state index < -0.39 is 0 Å². The van der Waals surface area contributed by atoms with E-state index in [0.717, 1.165) is 17.8 Å². The summed E-state index contributed by atoms with van der Waals surface area (Å²) in [5.41, 5.74) is 1.46. The molecule has 0 bridgehead atoms. The fraction of sp³-hybridized carbons (Fsp3) is 0.286. The SMILES string of the molecule is CCc1nc2nc(Cl)ncc2[nH]1. The number of hydrogen-bond donors (Lipinski definition) is 1. The molecule has 0 saturated carbocycles. The fourth-order valence-electron chi connectivity index (χ4n) is 1.00. The van der Waals surface area contributed by atoms with E-state index in [4.69, 9.17) is 11.6 Å². The second-order valence-corrected chi connectivity index (χ2v) is 2.75. The number of fused-ring (bicyclic) bond motifs is 1. The van der Waals surface area contributed by atoms with Gasteiger partial charge in [0.1, 0.15) is 11.3 Å². The van der Waals surface area contributed by atoms with E-state index in [1.165, 1.54) is 0 Å². The molecular formula is C7H7ClN4. The highest BCUT2D eigenvalue weighted by atomic mass is 35.5. The molecule has 2 rings (SSSR count). The quantitative estimate of drug-likeness (QED) is 0.682. The van der Waals surface area contributed by atoms with E-state index in [1.807, 2.05) is 6.92 Å². The van der Waals surface area contributed by atoms with E-state index in [1.54, 1.807) is 6.20 Å². The van der Waals surface area contributed by atoms with Crippen molar-refractivity contribution in [1.82, 2.24) is 19.9 Å². The van der Waals surface area contributed by atoms with Crippen LogP contribution in [-0.2, 0) is 6.42 Å². The van der Waals surface area contributed by atoms with Gasteiger partial charge in [0.05, 0.1) is 6.20 Å². The lowest BCUT2D eigenvalue weighted by atomic mass is 10.5. The Kier molecular flexibility index (Phi) is 1.69. The first kappa shape index (κ1) is 7.49. The summed E-state index contributed by atoms with van der Waals surface area (Å²) in [5, 5.41) is 0.233. The summed E-state index contributed by atoms with van der Waals surface area (Å²) in [6, 6.07) is 0. The average molecular weight is 183 g/mol. The van der Waals surface area contributed by atoms with E-state index in [0.29, 0.717) is 5.65 Å². The van der Waals surface area contributed by atoms with Crippen LogP contribution in [0.1, 0.15) is 12.7 Å². The van der Waals surface area contributed by atoms with E-state index in [-0.39, 0.29) is 5.28 Å². The summed E-state index contributed by atoms with van der Waals surface area (Å²) < 4.78 is 0. The minimum atomic E-state index is 0.233. The van der Waals surface area contributed by atoms with Crippen molar-refractivity contribution in [2.75, 3.05) is 0 Å². The molecule has 0 aliphatic heterocycles. The lowest BCUT2D eigenvalue weighted by molar-refractivity contribution is 0.997. The highest BCUT2D eigenvalue weighted by Gasteiger charge is 2.02. The van der Waals surface area contributed by atoms with E-state index in [9.17, 15) is 0 Å². The highest BCUT2D eigenvalue weighted by Crippen LogP contribution is 2.09. The Balaban J connectivity index is 2.67. The minimum absolute atomic E-state index is 0.233. The molecule has 0 aromatic carbocycles. The molecule has 12 heavy (non-hydrogen) atoms. The predicted octanol–water partition coefficient (Wildman–Crippen LogP) is 1.57. The summed E-state index contributed by atoms with van der Waals surface area (Å²) in [5.74, 6) is 0.904. The van der Waals surface area contributed by atoms with Crippen molar-refractivity contribution in [3.05, 3.63) is 17.3 Å². The summed E-state index contributed by atoms with van der Waals surface area (Å²) in [7, 11) is 0. The summed E-state index contributed by atoms with van der Waals surface area (Å²) in [4.78, 5) is 15.1. The number of hydrogen-bond acceptors (Lipinski definition) is 3. The maximum atomic E-state index is 5.60. The smallest absolute Gasteiger partial charge is 0.224 e. The van der Waals surface area contributed by atoms with Crippen molar-refractivity contribution in [2.45, 2.75) is 13.3 Å². The van der Waals surface area contributed by atoms with Crippen LogP contribution in [0.3, 0.4) is 0 Å². The van der Waals surface area contributed by atoms with E-state index >= 15 is 0 Å². The molecule has 0 aliphatic carbocycles. The first-order valence-electron chi connectivity index (χ1n) is 3.66. The maximum absolute atomic E-state index is 5.60. The third-order valence-electron chi connectivity index (χ3n) is 1.59. The fourth-order valence-corrected chi connectivity index (χ4v) is 1.13. The van der Waals surface area contributed by atoms with Crippen LogP contribution in [0.25, 0.3) is 11.2 Å². The molecule has 0 fully saturated rings. The van der Waals surface area contributed by atoms with Crippen molar-refractivity contribution in [1.29, 1.82) is 0 Å². The summed E-state index contributed by atoms with van der Waals surface area (Å²) in [6.07, 6.45) is 2.49. The Morgan fingerprint density at radius 2 is 2.33 bits per heavy atom. The van der Waals surface area contributed by atoms with Crippen LogP contribution in [0.5, 0.6) is 0 Å². The minimum Gasteiger partial charge on any atom is -0.339 e. The van der Waals surface area contributed by atoms with Gasteiger partial charge in [-0.1, -0.05) is 6.92 Å². The van der Waals surface area contributed by atoms with Crippen LogP contribution < -0.4 is 0 Å². The number of aromatic nitrogens is 4. The van der Waals surface area contributed by atoms with Gasteiger partial charge in [-0.05, 0) is 11.6 Å². The highest BCUT2D eigenvalue weighted by molar-refractivity contribution is 6.28. The number of nitrogens with one attached hydrogen (secondary N) is 1. The Hall–Kier alpha value is -1.16. The molecule has 62 valence electrons. The zero-order valence-corrected chi connectivity index (χ0v) is 7.26. The zero-order chi connectivity index (χ0) is 8.55. The Morgan fingerprint density at radius 3 is 3.08 bits per heavy atom. The van der Waals surface area contributed by atoms with Gasteiger partial charge in [0.2, 0.25) is 5.28 Å². The topological polar surface area (TPSA) is 54.5 Å². The second kappa shape index (κ2) is 2.71. The molecule has 0 spiro atoms. The maximum Gasteiger partial charge on any atom is 0.224 e. The van der Waals surface area contributed by atoms with Gasteiger partial charge in [0.25, 0.3) is 0 Å². The largest absolute Gasteiger partial charge is 0.339 e. The average Bonchev–Trinajstić information content (AvgIpc) is 2.46. The molecule has 5 heteroatoms. The molecule has 0 saturated heterocycles. The third-order valence-corrected chi connectivity index (χ3v) is 1.78. The lowest BCUT2D eigenvalue weighted by Crippen LogP contribution is -1.81. The molecular weight excluding hydrogens is 176 g/mol. The summed E-state index contributed by atoms with van der Waals surface area (Å²) in [6.45, 7) is 2.02. The standard InChI is InChI=1S/C7H7ClN4/c1-2-5-10-4-3-9-7(8)12-6(4)11-5/h3H,2H2,1H3,(H,9,10,11,12). The van der Waals surface area contributed by atoms with Gasteiger partial charge in [-0.2, -0.15) is 4.98 Å². The molecule has 1 N–H and O–H groups in total. The van der Waals surface area contributed by atoms with E-state index in [2.05, 4.69) is 19.9 Å². The summed E-state index contributed by atoms with van der Waals surface area (Å²) >= 11 is 5.60.